The molecule has 6 nitrogen and oxygen atoms in total. The lowest BCUT2D eigenvalue weighted by Gasteiger charge is -2.39. The molecule has 0 aliphatic carbocycles. The first kappa shape index (κ1) is 16.4. The van der Waals surface area contributed by atoms with Crippen LogP contribution in [0.1, 0.15) is 22.4 Å². The molecule has 0 aromatic carbocycles. The fourth-order valence-corrected chi connectivity index (χ4v) is 3.32. The van der Waals surface area contributed by atoms with Gasteiger partial charge in [0.05, 0.1) is 11.6 Å². The second-order valence-corrected chi connectivity index (χ2v) is 6.24. The topological polar surface area (TPSA) is 71.7 Å². The zero-order valence-electron chi connectivity index (χ0n) is 12.7. The Balaban J connectivity index is 1.91. The van der Waals surface area contributed by atoms with Crippen molar-refractivity contribution in [2.45, 2.75) is 19.4 Å². The van der Waals surface area contributed by atoms with E-state index in [1.54, 1.807) is 7.11 Å². The van der Waals surface area contributed by atoms with Crippen LogP contribution in [0.5, 0.6) is 0 Å². The van der Waals surface area contributed by atoms with E-state index < -0.39 is 0 Å². The molecule has 1 aliphatic rings. The molecule has 21 heavy (non-hydrogen) atoms. The summed E-state index contributed by atoms with van der Waals surface area (Å²) in [6.45, 7) is 6.73. The van der Waals surface area contributed by atoms with Gasteiger partial charge in [-0.1, -0.05) is 0 Å². The van der Waals surface area contributed by atoms with Crippen molar-refractivity contribution in [3.8, 4) is 0 Å². The number of rotatable bonds is 6. The lowest BCUT2D eigenvalue weighted by Crippen LogP contribution is -2.54. The molecule has 1 saturated heterocycles. The molecule has 1 fully saturated rings. The summed E-state index contributed by atoms with van der Waals surface area (Å²) in [4.78, 5) is 21.1. The highest BCUT2D eigenvalue weighted by Gasteiger charge is 2.28. The van der Waals surface area contributed by atoms with Gasteiger partial charge < -0.3 is 15.4 Å². The van der Waals surface area contributed by atoms with Crippen molar-refractivity contribution in [1.29, 1.82) is 0 Å². The molecule has 2 N–H and O–H groups in total. The average Bonchev–Trinajstić information content (AvgIpc) is 2.94. The van der Waals surface area contributed by atoms with Crippen LogP contribution in [0.2, 0.25) is 0 Å². The van der Waals surface area contributed by atoms with E-state index in [4.69, 9.17) is 10.5 Å². The van der Waals surface area contributed by atoms with E-state index in [0.717, 1.165) is 44.2 Å². The zero-order valence-corrected chi connectivity index (χ0v) is 13.6. The number of amides is 1. The van der Waals surface area contributed by atoms with Gasteiger partial charge in [-0.05, 0) is 13.5 Å². The molecule has 7 heteroatoms. The number of hydrogen-bond acceptors (Lipinski definition) is 6. The van der Waals surface area contributed by atoms with Crippen LogP contribution in [-0.4, -0.2) is 73.2 Å². The Morgan fingerprint density at radius 3 is 3.05 bits per heavy atom. The van der Waals surface area contributed by atoms with Crippen molar-refractivity contribution in [2.75, 3.05) is 46.4 Å². The standard InChI is InChI=1S/C14H24N4O2S/c1-11-9-18(6-5-17(11)7-8-20-2)14(19)12-10-21-13(16-12)3-4-15/h10-11H,3-9,15H2,1-2H3. The monoisotopic (exact) mass is 312 g/mol. The Bertz CT molecular complexity index is 466. The van der Waals surface area contributed by atoms with Crippen LogP contribution in [0.3, 0.4) is 0 Å². The Hall–Kier alpha value is -1.02. The largest absolute Gasteiger partial charge is 0.383 e. The van der Waals surface area contributed by atoms with E-state index in [9.17, 15) is 4.79 Å². The number of ether oxygens (including phenoxy) is 1. The van der Waals surface area contributed by atoms with Gasteiger partial charge in [-0.15, -0.1) is 11.3 Å². The van der Waals surface area contributed by atoms with Crippen LogP contribution < -0.4 is 5.73 Å². The number of carbonyl (C=O) groups is 1. The summed E-state index contributed by atoms with van der Waals surface area (Å²) in [5.74, 6) is 0.0350. The fourth-order valence-electron chi connectivity index (χ4n) is 2.53. The van der Waals surface area contributed by atoms with E-state index in [1.807, 2.05) is 10.3 Å². The molecule has 1 atom stereocenters. The summed E-state index contributed by atoms with van der Waals surface area (Å²) in [5, 5.41) is 2.78. The maximum absolute atomic E-state index is 12.5. The molecule has 1 aromatic rings. The summed E-state index contributed by atoms with van der Waals surface area (Å²) in [6, 6.07) is 0.347. The predicted octanol–water partition coefficient (Wildman–Crippen LogP) is 0.437. The van der Waals surface area contributed by atoms with Crippen LogP contribution in [0.15, 0.2) is 5.38 Å². The molecule has 2 rings (SSSR count). The molecule has 1 unspecified atom stereocenters. The van der Waals surface area contributed by atoms with Gasteiger partial charge in [0.25, 0.3) is 5.91 Å². The third-order valence-electron chi connectivity index (χ3n) is 3.76. The van der Waals surface area contributed by atoms with E-state index in [1.165, 1.54) is 11.3 Å². The molecule has 1 aliphatic heterocycles. The van der Waals surface area contributed by atoms with Crippen LogP contribution in [0, 0.1) is 0 Å². The van der Waals surface area contributed by atoms with Gasteiger partial charge in [-0.2, -0.15) is 0 Å². The van der Waals surface area contributed by atoms with Gasteiger partial charge >= 0.3 is 0 Å². The maximum atomic E-state index is 12.5. The molecule has 118 valence electrons. The van der Waals surface area contributed by atoms with E-state index in [-0.39, 0.29) is 5.91 Å². The van der Waals surface area contributed by atoms with Crippen LogP contribution in [-0.2, 0) is 11.2 Å². The first-order valence-electron chi connectivity index (χ1n) is 7.32. The summed E-state index contributed by atoms with van der Waals surface area (Å²) in [5.41, 5.74) is 6.07. The highest BCUT2D eigenvalue weighted by atomic mass is 32.1. The second kappa shape index (κ2) is 7.84. The smallest absolute Gasteiger partial charge is 0.273 e. The maximum Gasteiger partial charge on any atom is 0.273 e. The average molecular weight is 312 g/mol. The van der Waals surface area contributed by atoms with Gasteiger partial charge in [0.1, 0.15) is 5.69 Å². The molecule has 1 aromatic heterocycles. The number of nitrogens with two attached hydrogens (primary N) is 1. The Kier molecular flexibility index (Phi) is 6.10. The highest BCUT2D eigenvalue weighted by Crippen LogP contribution is 2.15. The number of thiazole rings is 1. The Morgan fingerprint density at radius 2 is 2.38 bits per heavy atom. The number of hydrogen-bond donors (Lipinski definition) is 1. The second-order valence-electron chi connectivity index (χ2n) is 5.29. The molecular formula is C14H24N4O2S. The van der Waals surface area contributed by atoms with E-state index >= 15 is 0 Å². The summed E-state index contributed by atoms with van der Waals surface area (Å²) >= 11 is 1.51. The zero-order chi connectivity index (χ0) is 15.2. The minimum absolute atomic E-state index is 0.0350. The van der Waals surface area contributed by atoms with Crippen molar-refractivity contribution in [1.82, 2.24) is 14.8 Å². The van der Waals surface area contributed by atoms with Crippen molar-refractivity contribution >= 4 is 17.2 Å². The van der Waals surface area contributed by atoms with Crippen molar-refractivity contribution < 1.29 is 9.53 Å². The van der Waals surface area contributed by atoms with Crippen LogP contribution in [0.4, 0.5) is 0 Å². The van der Waals surface area contributed by atoms with E-state index in [0.29, 0.717) is 18.3 Å². The van der Waals surface area contributed by atoms with Crippen molar-refractivity contribution in [3.63, 3.8) is 0 Å². The normalized spacial score (nSPS) is 20.0. The predicted molar refractivity (Wildman–Crippen MR) is 83.7 cm³/mol. The molecule has 0 radical (unpaired) electrons. The quantitative estimate of drug-likeness (QED) is 0.825. The number of aromatic nitrogens is 1. The summed E-state index contributed by atoms with van der Waals surface area (Å²) in [7, 11) is 1.71. The molecule has 0 saturated carbocycles. The van der Waals surface area contributed by atoms with Gasteiger partial charge in [-0.3, -0.25) is 9.69 Å². The van der Waals surface area contributed by atoms with Crippen LogP contribution >= 0.6 is 11.3 Å². The Labute approximate surface area is 129 Å². The first-order chi connectivity index (χ1) is 10.2. The molecule has 0 bridgehead atoms. The van der Waals surface area contributed by atoms with Gasteiger partial charge in [0, 0.05) is 51.1 Å². The van der Waals surface area contributed by atoms with Crippen molar-refractivity contribution in [2.24, 2.45) is 5.73 Å². The number of piperazine rings is 1. The SMILES string of the molecule is COCCN1CCN(C(=O)c2csc(CCN)n2)CC1C. The number of carbonyl (C=O) groups excluding carboxylic acids is 1. The molecule has 2 heterocycles. The third kappa shape index (κ3) is 4.23. The highest BCUT2D eigenvalue weighted by molar-refractivity contribution is 7.09. The van der Waals surface area contributed by atoms with Crippen molar-refractivity contribution in [3.05, 3.63) is 16.1 Å². The van der Waals surface area contributed by atoms with Gasteiger partial charge in [0.2, 0.25) is 0 Å². The van der Waals surface area contributed by atoms with E-state index in [2.05, 4.69) is 16.8 Å². The lowest BCUT2D eigenvalue weighted by atomic mass is 10.2. The fraction of sp³-hybridized carbons (Fsp3) is 0.714. The number of methoxy groups -OCH3 is 1. The molecular weight excluding hydrogens is 288 g/mol. The minimum Gasteiger partial charge on any atom is -0.383 e. The minimum atomic E-state index is 0.0350. The third-order valence-corrected chi connectivity index (χ3v) is 4.67. The molecule has 0 spiro atoms. The summed E-state index contributed by atoms with van der Waals surface area (Å²) in [6.07, 6.45) is 0.735. The Morgan fingerprint density at radius 1 is 1.57 bits per heavy atom. The summed E-state index contributed by atoms with van der Waals surface area (Å²) < 4.78 is 5.12. The molecule has 1 amide bonds. The first-order valence-corrected chi connectivity index (χ1v) is 8.20. The number of nitrogens with zero attached hydrogens (tertiary/aromatic N) is 3. The van der Waals surface area contributed by atoms with Gasteiger partial charge in [0.15, 0.2) is 0 Å². The van der Waals surface area contributed by atoms with Crippen LogP contribution in [0.25, 0.3) is 0 Å². The lowest BCUT2D eigenvalue weighted by molar-refractivity contribution is 0.0430. The van der Waals surface area contributed by atoms with Gasteiger partial charge in [-0.25, -0.2) is 4.98 Å².